The Hall–Kier alpha value is -1.57. The van der Waals surface area contributed by atoms with E-state index in [4.69, 9.17) is 0 Å². The third kappa shape index (κ3) is 2.73. The Labute approximate surface area is 145 Å². The van der Waals surface area contributed by atoms with Crippen molar-refractivity contribution >= 4 is 49.0 Å². The molecule has 2 aromatic heterocycles. The quantitative estimate of drug-likeness (QED) is 0.704. The van der Waals surface area contributed by atoms with E-state index in [1.165, 1.54) is 22.6 Å². The Bertz CT molecular complexity index is 895. The SMILES string of the molecule is CN1CCc2c(sc3ncnc(Nc4ccc(F)cc4Br)c23)C1. The smallest absolute Gasteiger partial charge is 0.142 e. The Morgan fingerprint density at radius 3 is 3.04 bits per heavy atom. The third-order valence-corrected chi connectivity index (χ3v) is 5.79. The van der Waals surface area contributed by atoms with Crippen LogP contribution in [0.3, 0.4) is 0 Å². The number of hydrogen-bond acceptors (Lipinski definition) is 5. The van der Waals surface area contributed by atoms with Crippen LogP contribution >= 0.6 is 27.3 Å². The first-order valence-electron chi connectivity index (χ1n) is 7.27. The van der Waals surface area contributed by atoms with Gasteiger partial charge in [0, 0.05) is 22.4 Å². The van der Waals surface area contributed by atoms with Crippen molar-refractivity contribution in [2.75, 3.05) is 18.9 Å². The highest BCUT2D eigenvalue weighted by molar-refractivity contribution is 9.10. The number of likely N-dealkylation sites (N-methyl/N-ethyl adjacent to an activating group) is 1. The van der Waals surface area contributed by atoms with Crippen molar-refractivity contribution in [3.63, 3.8) is 0 Å². The molecule has 0 radical (unpaired) electrons. The second-order valence-corrected chi connectivity index (χ2v) is 7.58. The van der Waals surface area contributed by atoms with E-state index in [2.05, 4.69) is 43.2 Å². The third-order valence-electron chi connectivity index (χ3n) is 4.01. The number of rotatable bonds is 2. The average molecular weight is 393 g/mol. The van der Waals surface area contributed by atoms with Crippen LogP contribution in [-0.4, -0.2) is 28.5 Å². The lowest BCUT2D eigenvalue weighted by molar-refractivity contribution is 0.318. The summed E-state index contributed by atoms with van der Waals surface area (Å²) >= 11 is 5.12. The molecule has 118 valence electrons. The average Bonchev–Trinajstić information content (AvgIpc) is 2.88. The second-order valence-electron chi connectivity index (χ2n) is 5.64. The Morgan fingerprint density at radius 1 is 1.35 bits per heavy atom. The van der Waals surface area contributed by atoms with Crippen molar-refractivity contribution in [3.05, 3.63) is 45.3 Å². The molecule has 4 rings (SSSR count). The monoisotopic (exact) mass is 392 g/mol. The van der Waals surface area contributed by atoms with E-state index in [1.54, 1.807) is 23.7 Å². The molecule has 0 amide bonds. The van der Waals surface area contributed by atoms with Crippen LogP contribution in [0.25, 0.3) is 10.2 Å². The maximum Gasteiger partial charge on any atom is 0.142 e. The number of nitrogens with zero attached hydrogens (tertiary/aromatic N) is 3. The van der Waals surface area contributed by atoms with Gasteiger partial charge in [0.05, 0.1) is 11.1 Å². The van der Waals surface area contributed by atoms with Gasteiger partial charge in [0.1, 0.15) is 22.8 Å². The molecule has 23 heavy (non-hydrogen) atoms. The van der Waals surface area contributed by atoms with E-state index in [0.29, 0.717) is 4.47 Å². The molecule has 3 aromatic rings. The van der Waals surface area contributed by atoms with Crippen molar-refractivity contribution in [1.29, 1.82) is 0 Å². The molecule has 1 aromatic carbocycles. The van der Waals surface area contributed by atoms with Gasteiger partial charge in [-0.1, -0.05) is 0 Å². The fourth-order valence-electron chi connectivity index (χ4n) is 2.87. The summed E-state index contributed by atoms with van der Waals surface area (Å²) in [6, 6.07) is 4.59. The first kappa shape index (κ1) is 15.0. The number of aromatic nitrogens is 2. The molecule has 0 saturated carbocycles. The van der Waals surface area contributed by atoms with Gasteiger partial charge >= 0.3 is 0 Å². The van der Waals surface area contributed by atoms with Crippen LogP contribution in [0, 0.1) is 5.82 Å². The summed E-state index contributed by atoms with van der Waals surface area (Å²) in [7, 11) is 2.13. The number of anilines is 2. The van der Waals surface area contributed by atoms with Crippen molar-refractivity contribution in [2.45, 2.75) is 13.0 Å². The molecule has 4 nitrogen and oxygen atoms in total. The zero-order valence-electron chi connectivity index (χ0n) is 12.4. The lowest BCUT2D eigenvalue weighted by Crippen LogP contribution is -2.25. The predicted octanol–water partition coefficient (Wildman–Crippen LogP) is 4.32. The molecule has 1 aliphatic rings. The summed E-state index contributed by atoms with van der Waals surface area (Å²) in [6.07, 6.45) is 2.58. The van der Waals surface area contributed by atoms with E-state index >= 15 is 0 Å². The number of fused-ring (bicyclic) bond motifs is 3. The standard InChI is InChI=1S/C16H14BrFN4S/c1-22-5-4-10-13(7-22)23-16-14(10)15(19-8-20-16)21-12-3-2-9(18)6-11(12)17/h2-3,6,8H,4-5,7H2,1H3,(H,19,20,21). The van der Waals surface area contributed by atoms with Gasteiger partial charge in [0.15, 0.2) is 0 Å². The first-order valence-corrected chi connectivity index (χ1v) is 8.88. The largest absolute Gasteiger partial charge is 0.339 e. The highest BCUT2D eigenvalue weighted by Crippen LogP contribution is 2.38. The molecule has 0 spiro atoms. The van der Waals surface area contributed by atoms with E-state index in [0.717, 1.165) is 41.2 Å². The highest BCUT2D eigenvalue weighted by atomic mass is 79.9. The van der Waals surface area contributed by atoms with Crippen LogP contribution in [-0.2, 0) is 13.0 Å². The predicted molar refractivity (Wildman–Crippen MR) is 94.8 cm³/mol. The Kier molecular flexibility index (Phi) is 3.79. The van der Waals surface area contributed by atoms with Crippen molar-refractivity contribution < 1.29 is 4.39 Å². The molecular formula is C16H14BrFN4S. The van der Waals surface area contributed by atoms with Crippen LogP contribution < -0.4 is 5.32 Å². The summed E-state index contributed by atoms with van der Waals surface area (Å²) in [4.78, 5) is 13.5. The van der Waals surface area contributed by atoms with Crippen LogP contribution in [0.2, 0.25) is 0 Å². The zero-order chi connectivity index (χ0) is 16.0. The molecule has 0 atom stereocenters. The van der Waals surface area contributed by atoms with Gasteiger partial charge in [-0.3, -0.25) is 0 Å². The number of benzene rings is 1. The molecule has 1 N–H and O–H groups in total. The zero-order valence-corrected chi connectivity index (χ0v) is 14.8. The Balaban J connectivity index is 1.81. The minimum Gasteiger partial charge on any atom is -0.339 e. The van der Waals surface area contributed by atoms with Crippen LogP contribution in [0.15, 0.2) is 29.0 Å². The van der Waals surface area contributed by atoms with Gasteiger partial charge in [0.2, 0.25) is 0 Å². The molecule has 0 unspecified atom stereocenters. The van der Waals surface area contributed by atoms with Crippen LogP contribution in [0.5, 0.6) is 0 Å². The summed E-state index contributed by atoms with van der Waals surface area (Å²) in [5.41, 5.74) is 2.13. The molecule has 1 aliphatic heterocycles. The van der Waals surface area contributed by atoms with Crippen molar-refractivity contribution in [3.8, 4) is 0 Å². The molecule has 7 heteroatoms. The van der Waals surface area contributed by atoms with Gasteiger partial charge in [-0.05, 0) is 53.2 Å². The number of hydrogen-bond donors (Lipinski definition) is 1. The van der Waals surface area contributed by atoms with E-state index in [1.807, 2.05) is 0 Å². The minimum atomic E-state index is -0.272. The van der Waals surface area contributed by atoms with Crippen molar-refractivity contribution in [1.82, 2.24) is 14.9 Å². The molecule has 0 saturated heterocycles. The van der Waals surface area contributed by atoms with Gasteiger partial charge in [-0.25, -0.2) is 14.4 Å². The van der Waals surface area contributed by atoms with E-state index < -0.39 is 0 Å². The molecule has 0 bridgehead atoms. The summed E-state index contributed by atoms with van der Waals surface area (Å²) in [5.74, 6) is 0.510. The lowest BCUT2D eigenvalue weighted by Gasteiger charge is -2.22. The molecule has 0 fully saturated rings. The number of nitrogens with one attached hydrogen (secondary N) is 1. The minimum absolute atomic E-state index is 0.272. The summed E-state index contributed by atoms with van der Waals surface area (Å²) in [6.45, 7) is 1.99. The van der Waals surface area contributed by atoms with Gasteiger partial charge < -0.3 is 10.2 Å². The molecular weight excluding hydrogens is 379 g/mol. The number of halogens is 2. The summed E-state index contributed by atoms with van der Waals surface area (Å²) in [5, 5.41) is 4.41. The normalized spacial score (nSPS) is 14.9. The fraction of sp³-hybridized carbons (Fsp3) is 0.250. The topological polar surface area (TPSA) is 41.1 Å². The molecule has 3 heterocycles. The second kappa shape index (κ2) is 5.81. The summed E-state index contributed by atoms with van der Waals surface area (Å²) < 4.78 is 13.9. The maximum absolute atomic E-state index is 13.3. The number of thiophene rings is 1. The van der Waals surface area contributed by atoms with Crippen LogP contribution in [0.4, 0.5) is 15.9 Å². The Morgan fingerprint density at radius 2 is 2.22 bits per heavy atom. The molecule has 0 aliphatic carbocycles. The fourth-order valence-corrected chi connectivity index (χ4v) is 4.59. The highest BCUT2D eigenvalue weighted by Gasteiger charge is 2.22. The van der Waals surface area contributed by atoms with E-state index in [9.17, 15) is 4.39 Å². The first-order chi connectivity index (χ1) is 11.1. The van der Waals surface area contributed by atoms with E-state index in [-0.39, 0.29) is 5.82 Å². The van der Waals surface area contributed by atoms with Crippen molar-refractivity contribution in [2.24, 2.45) is 0 Å². The lowest BCUT2D eigenvalue weighted by atomic mass is 10.1. The maximum atomic E-state index is 13.3. The van der Waals surface area contributed by atoms with Gasteiger partial charge in [-0.2, -0.15) is 0 Å². The van der Waals surface area contributed by atoms with Gasteiger partial charge in [0.25, 0.3) is 0 Å². The van der Waals surface area contributed by atoms with Gasteiger partial charge in [-0.15, -0.1) is 11.3 Å². The van der Waals surface area contributed by atoms with Crippen LogP contribution in [0.1, 0.15) is 10.4 Å².